The molecule has 0 heterocycles. The number of carboxylic acids is 1. The van der Waals surface area contributed by atoms with E-state index in [-0.39, 0.29) is 18.1 Å². The molecule has 5 nitrogen and oxygen atoms in total. The molecule has 0 bridgehead atoms. The average Bonchev–Trinajstić information content (AvgIpc) is 2.72. The number of carbonyl (C=O) groups excluding carboxylic acids is 1. The highest BCUT2D eigenvalue weighted by Crippen LogP contribution is 2.14. The molecular formula is C25H41NO4. The van der Waals surface area contributed by atoms with Gasteiger partial charge in [-0.3, -0.25) is 4.79 Å². The maximum Gasteiger partial charge on any atom is 0.326 e. The van der Waals surface area contributed by atoms with Gasteiger partial charge in [-0.1, -0.05) is 96.1 Å². The summed E-state index contributed by atoms with van der Waals surface area (Å²) in [7, 11) is 0. The number of phenolic OH excluding ortho intramolecular Hbond substituents is 1. The van der Waals surface area contributed by atoms with Crippen molar-refractivity contribution in [3.05, 3.63) is 29.8 Å². The number of rotatable bonds is 18. The second-order valence-corrected chi connectivity index (χ2v) is 8.32. The Bertz CT molecular complexity index is 585. The Labute approximate surface area is 182 Å². The monoisotopic (exact) mass is 419 g/mol. The number of carboxylic acid groups (broad SMARTS) is 1. The second-order valence-electron chi connectivity index (χ2n) is 8.32. The van der Waals surface area contributed by atoms with Gasteiger partial charge in [-0.25, -0.2) is 4.79 Å². The first-order valence-corrected chi connectivity index (χ1v) is 11.8. The van der Waals surface area contributed by atoms with Crippen LogP contribution >= 0.6 is 0 Å². The van der Waals surface area contributed by atoms with Crippen LogP contribution in [0.25, 0.3) is 0 Å². The Morgan fingerprint density at radius 3 is 1.73 bits per heavy atom. The largest absolute Gasteiger partial charge is 0.508 e. The maximum absolute atomic E-state index is 12.1. The highest BCUT2D eigenvalue weighted by molar-refractivity contribution is 5.83. The third-order valence-electron chi connectivity index (χ3n) is 5.52. The number of aromatic hydroxyl groups is 1. The van der Waals surface area contributed by atoms with Crippen molar-refractivity contribution >= 4 is 11.9 Å². The van der Waals surface area contributed by atoms with Crippen molar-refractivity contribution in [2.75, 3.05) is 0 Å². The molecule has 1 rings (SSSR count). The van der Waals surface area contributed by atoms with Gasteiger partial charge >= 0.3 is 5.97 Å². The van der Waals surface area contributed by atoms with Gasteiger partial charge in [0, 0.05) is 12.8 Å². The van der Waals surface area contributed by atoms with Crippen molar-refractivity contribution in [3.63, 3.8) is 0 Å². The third kappa shape index (κ3) is 13.2. The van der Waals surface area contributed by atoms with Gasteiger partial charge in [-0.2, -0.15) is 0 Å². The van der Waals surface area contributed by atoms with E-state index in [0.29, 0.717) is 6.42 Å². The molecule has 1 amide bonds. The summed E-state index contributed by atoms with van der Waals surface area (Å²) in [4.78, 5) is 23.5. The van der Waals surface area contributed by atoms with E-state index in [9.17, 15) is 19.8 Å². The minimum Gasteiger partial charge on any atom is -0.508 e. The summed E-state index contributed by atoms with van der Waals surface area (Å²) >= 11 is 0. The summed E-state index contributed by atoms with van der Waals surface area (Å²) in [5.41, 5.74) is 0.765. The Morgan fingerprint density at radius 2 is 1.27 bits per heavy atom. The molecule has 0 aliphatic rings. The molecule has 0 aliphatic heterocycles. The fourth-order valence-corrected chi connectivity index (χ4v) is 3.64. The summed E-state index contributed by atoms with van der Waals surface area (Å²) in [5.74, 6) is -1.11. The zero-order chi connectivity index (χ0) is 22.0. The zero-order valence-electron chi connectivity index (χ0n) is 18.7. The molecule has 0 unspecified atom stereocenters. The van der Waals surface area contributed by atoms with Crippen LogP contribution in [0.3, 0.4) is 0 Å². The number of nitrogens with one attached hydrogen (secondary N) is 1. The molecular weight excluding hydrogens is 378 g/mol. The first-order valence-electron chi connectivity index (χ1n) is 11.8. The maximum atomic E-state index is 12.1. The summed E-state index contributed by atoms with van der Waals surface area (Å²) in [5, 5.41) is 21.3. The van der Waals surface area contributed by atoms with E-state index < -0.39 is 12.0 Å². The quantitative estimate of drug-likeness (QED) is 0.255. The number of phenols is 1. The van der Waals surface area contributed by atoms with Gasteiger partial charge in [0.2, 0.25) is 5.91 Å². The average molecular weight is 420 g/mol. The molecule has 0 saturated carbocycles. The van der Waals surface area contributed by atoms with Gasteiger partial charge < -0.3 is 15.5 Å². The number of hydrogen-bond acceptors (Lipinski definition) is 3. The summed E-state index contributed by atoms with van der Waals surface area (Å²) in [6.07, 6.45) is 16.9. The van der Waals surface area contributed by atoms with Gasteiger partial charge in [0.15, 0.2) is 0 Å². The Hall–Kier alpha value is -2.04. The molecule has 1 aromatic carbocycles. The summed E-state index contributed by atoms with van der Waals surface area (Å²) in [6.45, 7) is 2.25. The highest BCUT2D eigenvalue weighted by atomic mass is 16.4. The molecule has 0 radical (unpaired) electrons. The minimum absolute atomic E-state index is 0.136. The summed E-state index contributed by atoms with van der Waals surface area (Å²) in [6, 6.07) is 5.44. The van der Waals surface area contributed by atoms with E-state index in [1.165, 1.54) is 76.3 Å². The standard InChI is InChI=1S/C25H41NO4/c1-2-3-4-5-6-7-8-9-10-11-12-13-14-15-24(28)26-23(25(29)30)20-21-16-18-22(27)19-17-21/h16-19,23,27H,2-15,20H2,1H3,(H,26,28)(H,29,30)/t23-/m0/s1. The van der Waals surface area contributed by atoms with Crippen LogP contribution in [0.2, 0.25) is 0 Å². The highest BCUT2D eigenvalue weighted by Gasteiger charge is 2.20. The van der Waals surface area contributed by atoms with Crippen LogP contribution in [0.15, 0.2) is 24.3 Å². The Balaban J connectivity index is 2.04. The molecule has 30 heavy (non-hydrogen) atoms. The Kier molecular flexibility index (Phi) is 14.5. The topological polar surface area (TPSA) is 86.6 Å². The smallest absolute Gasteiger partial charge is 0.326 e. The lowest BCUT2D eigenvalue weighted by atomic mass is 10.0. The fourth-order valence-electron chi connectivity index (χ4n) is 3.64. The van der Waals surface area contributed by atoms with Crippen molar-refractivity contribution in [3.8, 4) is 5.75 Å². The fraction of sp³-hybridized carbons (Fsp3) is 0.680. The molecule has 170 valence electrons. The van der Waals surface area contributed by atoms with Crippen LogP contribution < -0.4 is 5.32 Å². The normalized spacial score (nSPS) is 11.9. The van der Waals surface area contributed by atoms with E-state index >= 15 is 0 Å². The first-order chi connectivity index (χ1) is 14.5. The van der Waals surface area contributed by atoms with E-state index in [1.807, 2.05) is 0 Å². The van der Waals surface area contributed by atoms with Crippen LogP contribution in [0.4, 0.5) is 0 Å². The molecule has 0 fully saturated rings. The van der Waals surface area contributed by atoms with Crippen molar-refractivity contribution in [1.82, 2.24) is 5.32 Å². The van der Waals surface area contributed by atoms with Crippen LogP contribution in [0.5, 0.6) is 5.75 Å². The predicted molar refractivity (Wildman–Crippen MR) is 122 cm³/mol. The van der Waals surface area contributed by atoms with E-state index in [4.69, 9.17) is 0 Å². The molecule has 0 saturated heterocycles. The van der Waals surface area contributed by atoms with Crippen LogP contribution in [-0.2, 0) is 16.0 Å². The molecule has 0 aliphatic carbocycles. The lowest BCUT2D eigenvalue weighted by Gasteiger charge is -2.14. The van der Waals surface area contributed by atoms with Crippen molar-refractivity contribution in [2.45, 2.75) is 109 Å². The van der Waals surface area contributed by atoms with Crippen LogP contribution in [-0.4, -0.2) is 28.1 Å². The molecule has 3 N–H and O–H groups in total. The van der Waals surface area contributed by atoms with Crippen molar-refractivity contribution < 1.29 is 19.8 Å². The number of aliphatic carboxylic acids is 1. The summed E-state index contributed by atoms with van der Waals surface area (Å²) < 4.78 is 0. The predicted octanol–water partition coefficient (Wildman–Crippen LogP) is 5.99. The molecule has 0 spiro atoms. The lowest BCUT2D eigenvalue weighted by molar-refractivity contribution is -0.141. The number of hydrogen-bond donors (Lipinski definition) is 3. The number of amides is 1. The SMILES string of the molecule is CCCCCCCCCCCCCCCC(=O)N[C@@H](Cc1ccc(O)cc1)C(=O)O. The van der Waals surface area contributed by atoms with E-state index in [2.05, 4.69) is 12.2 Å². The van der Waals surface area contributed by atoms with E-state index in [1.54, 1.807) is 12.1 Å². The van der Waals surface area contributed by atoms with Gasteiger partial charge in [0.05, 0.1) is 0 Å². The van der Waals surface area contributed by atoms with Crippen LogP contribution in [0.1, 0.15) is 102 Å². The van der Waals surface area contributed by atoms with Gasteiger partial charge in [-0.15, -0.1) is 0 Å². The second kappa shape index (κ2) is 16.7. The number of benzene rings is 1. The van der Waals surface area contributed by atoms with Crippen molar-refractivity contribution in [1.29, 1.82) is 0 Å². The van der Waals surface area contributed by atoms with Gasteiger partial charge in [0.1, 0.15) is 11.8 Å². The van der Waals surface area contributed by atoms with Crippen LogP contribution in [0, 0.1) is 0 Å². The van der Waals surface area contributed by atoms with Crippen molar-refractivity contribution in [2.24, 2.45) is 0 Å². The molecule has 1 aromatic rings. The third-order valence-corrected chi connectivity index (χ3v) is 5.52. The number of carbonyl (C=O) groups is 2. The van der Waals surface area contributed by atoms with Gasteiger partial charge in [-0.05, 0) is 24.1 Å². The number of unbranched alkanes of at least 4 members (excludes halogenated alkanes) is 12. The lowest BCUT2D eigenvalue weighted by Crippen LogP contribution is -2.42. The molecule has 1 atom stereocenters. The Morgan fingerprint density at radius 1 is 0.800 bits per heavy atom. The molecule has 5 heteroatoms. The molecule has 0 aromatic heterocycles. The zero-order valence-corrected chi connectivity index (χ0v) is 18.7. The minimum atomic E-state index is -1.04. The first kappa shape index (κ1) is 26.0. The van der Waals surface area contributed by atoms with E-state index in [0.717, 1.165) is 24.8 Å². The van der Waals surface area contributed by atoms with Gasteiger partial charge in [0.25, 0.3) is 0 Å².